The summed E-state index contributed by atoms with van der Waals surface area (Å²) in [5.41, 5.74) is 6.67. The summed E-state index contributed by atoms with van der Waals surface area (Å²) in [5.74, 6) is 6.74. The fourth-order valence-corrected chi connectivity index (χ4v) is 3.10. The summed E-state index contributed by atoms with van der Waals surface area (Å²) in [7, 11) is 0. The number of hydrazine groups is 1. The fraction of sp³-hybridized carbons (Fsp3) is 0.286. The number of hydrogen-bond acceptors (Lipinski definition) is 4. The zero-order chi connectivity index (χ0) is 12.4. The van der Waals surface area contributed by atoms with Crippen LogP contribution in [-0.4, -0.2) is 6.61 Å². The lowest BCUT2D eigenvalue weighted by Crippen LogP contribution is -2.29. The van der Waals surface area contributed by atoms with E-state index in [-0.39, 0.29) is 6.04 Å². The van der Waals surface area contributed by atoms with E-state index in [2.05, 4.69) is 40.5 Å². The summed E-state index contributed by atoms with van der Waals surface area (Å²) in [6.07, 6.45) is 1.89. The second-order valence-electron chi connectivity index (χ2n) is 4.49. The van der Waals surface area contributed by atoms with Gasteiger partial charge in [0.15, 0.2) is 0 Å². The first-order valence-electron chi connectivity index (χ1n) is 6.10. The molecule has 94 valence electrons. The third-order valence-corrected chi connectivity index (χ3v) is 4.07. The van der Waals surface area contributed by atoms with Gasteiger partial charge in [-0.3, -0.25) is 11.3 Å². The monoisotopic (exact) mass is 260 g/mol. The van der Waals surface area contributed by atoms with Crippen molar-refractivity contribution in [3.8, 4) is 5.75 Å². The van der Waals surface area contributed by atoms with Gasteiger partial charge in [-0.25, -0.2) is 0 Å². The molecular formula is C14H16N2OS. The summed E-state index contributed by atoms with van der Waals surface area (Å²) >= 11 is 1.71. The molecule has 0 radical (unpaired) electrons. The van der Waals surface area contributed by atoms with Crippen molar-refractivity contribution in [1.82, 2.24) is 5.43 Å². The molecule has 0 saturated heterocycles. The highest BCUT2D eigenvalue weighted by molar-refractivity contribution is 7.07. The van der Waals surface area contributed by atoms with Gasteiger partial charge in [0, 0.05) is 12.0 Å². The van der Waals surface area contributed by atoms with Crippen LogP contribution in [0.4, 0.5) is 0 Å². The number of rotatable bonds is 4. The normalized spacial score (nSPS) is 15.2. The van der Waals surface area contributed by atoms with E-state index in [1.54, 1.807) is 11.3 Å². The van der Waals surface area contributed by atoms with E-state index in [1.807, 2.05) is 0 Å². The average molecular weight is 260 g/mol. The molecule has 1 aromatic carbocycles. The van der Waals surface area contributed by atoms with Crippen LogP contribution in [0.1, 0.15) is 22.7 Å². The van der Waals surface area contributed by atoms with Gasteiger partial charge in [-0.05, 0) is 34.4 Å². The maximum absolute atomic E-state index is 5.74. The first-order chi connectivity index (χ1) is 8.88. The Kier molecular flexibility index (Phi) is 3.32. The Bertz CT molecular complexity index is 525. The van der Waals surface area contributed by atoms with Crippen molar-refractivity contribution >= 4 is 11.3 Å². The second-order valence-corrected chi connectivity index (χ2v) is 5.27. The van der Waals surface area contributed by atoms with Crippen LogP contribution >= 0.6 is 11.3 Å². The first-order valence-corrected chi connectivity index (χ1v) is 7.04. The zero-order valence-corrected chi connectivity index (χ0v) is 10.9. The van der Waals surface area contributed by atoms with Gasteiger partial charge in [0.25, 0.3) is 0 Å². The van der Waals surface area contributed by atoms with E-state index >= 15 is 0 Å². The minimum absolute atomic E-state index is 0.104. The summed E-state index contributed by atoms with van der Waals surface area (Å²) in [6, 6.07) is 8.55. The second kappa shape index (κ2) is 5.10. The van der Waals surface area contributed by atoms with E-state index < -0.39 is 0 Å². The Morgan fingerprint density at radius 1 is 1.39 bits per heavy atom. The zero-order valence-electron chi connectivity index (χ0n) is 10.1. The van der Waals surface area contributed by atoms with Gasteiger partial charge in [-0.1, -0.05) is 18.2 Å². The van der Waals surface area contributed by atoms with Crippen LogP contribution in [0.25, 0.3) is 0 Å². The van der Waals surface area contributed by atoms with Crippen molar-refractivity contribution in [2.75, 3.05) is 6.61 Å². The van der Waals surface area contributed by atoms with E-state index in [0.717, 1.165) is 25.2 Å². The summed E-state index contributed by atoms with van der Waals surface area (Å²) < 4.78 is 5.74. The molecule has 1 aromatic heterocycles. The number of thiophene rings is 1. The van der Waals surface area contributed by atoms with E-state index in [4.69, 9.17) is 10.6 Å². The lowest BCUT2D eigenvalue weighted by molar-refractivity contribution is 0.348. The average Bonchev–Trinajstić information content (AvgIpc) is 3.06. The van der Waals surface area contributed by atoms with E-state index in [1.165, 1.54) is 16.7 Å². The molecule has 4 heteroatoms. The number of fused-ring (bicyclic) bond motifs is 1. The quantitative estimate of drug-likeness (QED) is 0.655. The molecular weight excluding hydrogens is 244 g/mol. The minimum Gasteiger partial charge on any atom is -0.493 e. The standard InChI is InChI=1S/C14H16N2OS/c15-16-13(8-10-5-7-18-9-10)12-3-1-2-11-4-6-17-14(11)12/h1-3,5,7,9,13,16H,4,6,8,15H2. The van der Waals surface area contributed by atoms with Crippen molar-refractivity contribution in [2.24, 2.45) is 5.84 Å². The highest BCUT2D eigenvalue weighted by Crippen LogP contribution is 2.34. The van der Waals surface area contributed by atoms with E-state index in [9.17, 15) is 0 Å². The van der Waals surface area contributed by atoms with Crippen LogP contribution in [0.2, 0.25) is 0 Å². The molecule has 2 aromatic rings. The molecule has 2 heterocycles. The van der Waals surface area contributed by atoms with Gasteiger partial charge >= 0.3 is 0 Å². The van der Waals surface area contributed by atoms with Crippen molar-refractivity contribution in [3.63, 3.8) is 0 Å². The lowest BCUT2D eigenvalue weighted by Gasteiger charge is -2.18. The number of para-hydroxylation sites is 1. The van der Waals surface area contributed by atoms with Gasteiger partial charge in [0.1, 0.15) is 5.75 Å². The molecule has 0 fully saturated rings. The van der Waals surface area contributed by atoms with Crippen LogP contribution in [0, 0.1) is 0 Å². The predicted octanol–water partition coefficient (Wildman–Crippen LogP) is 2.43. The Labute approximate surface area is 111 Å². The fourth-order valence-electron chi connectivity index (χ4n) is 2.42. The molecule has 0 aliphatic carbocycles. The molecule has 0 saturated carbocycles. The number of nitrogens with one attached hydrogen (secondary N) is 1. The number of hydrogen-bond donors (Lipinski definition) is 2. The Morgan fingerprint density at radius 2 is 2.33 bits per heavy atom. The SMILES string of the molecule is NNC(Cc1ccsc1)c1cccc2c1OCC2. The van der Waals surface area contributed by atoms with Crippen molar-refractivity contribution in [3.05, 3.63) is 51.7 Å². The molecule has 0 bridgehead atoms. The van der Waals surface area contributed by atoms with Gasteiger partial charge in [-0.15, -0.1) is 0 Å². The summed E-state index contributed by atoms with van der Waals surface area (Å²) in [4.78, 5) is 0. The minimum atomic E-state index is 0.104. The van der Waals surface area contributed by atoms with Gasteiger partial charge in [0.05, 0.1) is 12.6 Å². The summed E-state index contributed by atoms with van der Waals surface area (Å²) in [5, 5.41) is 4.25. The molecule has 1 unspecified atom stereocenters. The highest BCUT2D eigenvalue weighted by atomic mass is 32.1. The third kappa shape index (κ3) is 2.14. The topological polar surface area (TPSA) is 47.3 Å². The third-order valence-electron chi connectivity index (χ3n) is 3.34. The largest absolute Gasteiger partial charge is 0.493 e. The van der Waals surface area contributed by atoms with Crippen molar-refractivity contribution in [2.45, 2.75) is 18.9 Å². The van der Waals surface area contributed by atoms with Crippen LogP contribution in [0.15, 0.2) is 35.0 Å². The van der Waals surface area contributed by atoms with Gasteiger partial charge in [0.2, 0.25) is 0 Å². The highest BCUT2D eigenvalue weighted by Gasteiger charge is 2.21. The molecule has 1 aliphatic heterocycles. The molecule has 3 N–H and O–H groups in total. The number of nitrogens with two attached hydrogens (primary N) is 1. The Balaban J connectivity index is 1.90. The first kappa shape index (κ1) is 11.7. The molecule has 1 atom stereocenters. The lowest BCUT2D eigenvalue weighted by atomic mass is 9.98. The predicted molar refractivity (Wildman–Crippen MR) is 73.7 cm³/mol. The smallest absolute Gasteiger partial charge is 0.127 e. The van der Waals surface area contributed by atoms with Crippen molar-refractivity contribution < 1.29 is 4.74 Å². The van der Waals surface area contributed by atoms with Crippen LogP contribution < -0.4 is 16.0 Å². The molecule has 3 nitrogen and oxygen atoms in total. The molecule has 1 aliphatic rings. The van der Waals surface area contributed by atoms with Gasteiger partial charge < -0.3 is 4.74 Å². The Hall–Kier alpha value is -1.36. The maximum Gasteiger partial charge on any atom is 0.127 e. The van der Waals surface area contributed by atoms with E-state index in [0.29, 0.717) is 0 Å². The van der Waals surface area contributed by atoms with Crippen LogP contribution in [0.3, 0.4) is 0 Å². The number of benzene rings is 1. The van der Waals surface area contributed by atoms with Gasteiger partial charge in [-0.2, -0.15) is 11.3 Å². The Morgan fingerprint density at radius 3 is 3.11 bits per heavy atom. The number of ether oxygens (including phenoxy) is 1. The van der Waals surface area contributed by atoms with Crippen LogP contribution in [0.5, 0.6) is 5.75 Å². The summed E-state index contributed by atoms with van der Waals surface area (Å²) in [6.45, 7) is 0.780. The molecule has 0 amide bonds. The molecule has 18 heavy (non-hydrogen) atoms. The maximum atomic E-state index is 5.74. The molecule has 0 spiro atoms. The van der Waals surface area contributed by atoms with Crippen LogP contribution in [-0.2, 0) is 12.8 Å². The molecule has 3 rings (SSSR count). The van der Waals surface area contributed by atoms with Crippen molar-refractivity contribution in [1.29, 1.82) is 0 Å².